The van der Waals surface area contributed by atoms with Crippen LogP contribution in [0, 0.1) is 5.82 Å². The molecule has 0 aliphatic rings. The van der Waals surface area contributed by atoms with Crippen LogP contribution in [-0.2, 0) is 11.2 Å². The minimum Gasteiger partial charge on any atom is -0.319 e. The maximum absolute atomic E-state index is 13.4. The number of carbonyl (C=O) groups excluding carboxylic acids is 1. The molecule has 0 saturated carbocycles. The molecule has 0 aliphatic carbocycles. The molecule has 0 radical (unpaired) electrons. The van der Waals surface area contributed by atoms with Gasteiger partial charge >= 0.3 is 0 Å². The molecule has 0 amide bonds. The van der Waals surface area contributed by atoms with E-state index in [1.807, 2.05) is 0 Å². The van der Waals surface area contributed by atoms with Crippen LogP contribution in [-0.4, -0.2) is 11.3 Å². The molecular weight excluding hydrogens is 217 g/mol. The molecule has 0 spiro atoms. The number of halogens is 2. The Morgan fingerprint density at radius 3 is 2.67 bits per heavy atom. The van der Waals surface area contributed by atoms with Gasteiger partial charge in [0.05, 0.1) is 10.6 Å². The Labute approximate surface area is 93.2 Å². The van der Waals surface area contributed by atoms with Crippen LogP contribution < -0.4 is 5.73 Å². The molecule has 0 saturated heterocycles. The summed E-state index contributed by atoms with van der Waals surface area (Å²) in [5.41, 5.74) is 4.94. The topological polar surface area (TPSA) is 43.1 Å². The van der Waals surface area contributed by atoms with E-state index in [1.54, 1.807) is 19.9 Å². The first-order valence-corrected chi connectivity index (χ1v) is 4.95. The Kier molecular flexibility index (Phi) is 3.47. The predicted octanol–water partition coefficient (Wildman–Crippen LogP) is 2.33. The van der Waals surface area contributed by atoms with Gasteiger partial charge in [0.25, 0.3) is 0 Å². The molecule has 0 aliphatic heterocycles. The summed E-state index contributed by atoms with van der Waals surface area (Å²) in [5, 5.41) is 0.0233. The summed E-state index contributed by atoms with van der Waals surface area (Å²) < 4.78 is 13.4. The number of benzene rings is 1. The van der Waals surface area contributed by atoms with Crippen LogP contribution in [0.1, 0.15) is 19.4 Å². The van der Waals surface area contributed by atoms with E-state index >= 15 is 0 Å². The van der Waals surface area contributed by atoms with E-state index in [1.165, 1.54) is 12.1 Å². The first kappa shape index (κ1) is 12.1. The summed E-state index contributed by atoms with van der Waals surface area (Å²) in [5.74, 6) is -0.763. The van der Waals surface area contributed by atoms with Crippen molar-refractivity contribution in [3.05, 3.63) is 34.6 Å². The summed E-state index contributed by atoms with van der Waals surface area (Å²) in [6.07, 6.45) is -0.0319. The number of ketones is 1. The number of carbonyl (C=O) groups is 1. The first-order valence-electron chi connectivity index (χ1n) is 4.57. The van der Waals surface area contributed by atoms with Gasteiger partial charge in [0.2, 0.25) is 0 Å². The van der Waals surface area contributed by atoms with E-state index in [4.69, 9.17) is 17.3 Å². The Hall–Kier alpha value is -0.930. The highest BCUT2D eigenvalue weighted by Gasteiger charge is 2.23. The first-order chi connectivity index (χ1) is 6.82. The van der Waals surface area contributed by atoms with Gasteiger partial charge in [-0.15, -0.1) is 0 Å². The zero-order valence-electron chi connectivity index (χ0n) is 8.68. The zero-order valence-corrected chi connectivity index (χ0v) is 9.44. The van der Waals surface area contributed by atoms with E-state index < -0.39 is 11.4 Å². The van der Waals surface area contributed by atoms with Crippen LogP contribution in [0.4, 0.5) is 4.39 Å². The molecule has 2 N–H and O–H groups in total. The molecule has 4 heteroatoms. The summed E-state index contributed by atoms with van der Waals surface area (Å²) >= 11 is 5.59. The smallest absolute Gasteiger partial charge is 0.156 e. The molecular formula is C11H13ClFNO. The van der Waals surface area contributed by atoms with E-state index in [0.29, 0.717) is 0 Å². The molecule has 1 aromatic rings. The average molecular weight is 230 g/mol. The van der Waals surface area contributed by atoms with Crippen molar-refractivity contribution in [2.24, 2.45) is 5.73 Å². The van der Waals surface area contributed by atoms with Crippen molar-refractivity contribution in [2.75, 3.05) is 0 Å². The number of hydrogen-bond acceptors (Lipinski definition) is 2. The summed E-state index contributed by atoms with van der Waals surface area (Å²) in [6, 6.07) is 4.58. The van der Waals surface area contributed by atoms with Gasteiger partial charge in [-0.05, 0) is 25.5 Å². The van der Waals surface area contributed by atoms with Gasteiger partial charge in [0, 0.05) is 6.42 Å². The quantitative estimate of drug-likeness (QED) is 0.865. The van der Waals surface area contributed by atoms with Crippen LogP contribution in [0.2, 0.25) is 5.02 Å². The molecule has 2 nitrogen and oxygen atoms in total. The average Bonchev–Trinajstić information content (AvgIpc) is 2.11. The van der Waals surface area contributed by atoms with Gasteiger partial charge < -0.3 is 5.73 Å². The largest absolute Gasteiger partial charge is 0.319 e. The Morgan fingerprint density at radius 2 is 2.13 bits per heavy atom. The minimum absolute atomic E-state index is 0.0233. The fraction of sp³-hybridized carbons (Fsp3) is 0.364. The van der Waals surface area contributed by atoms with Crippen molar-refractivity contribution < 1.29 is 9.18 Å². The summed E-state index contributed by atoms with van der Waals surface area (Å²) in [7, 11) is 0. The van der Waals surface area contributed by atoms with Gasteiger partial charge in [-0.1, -0.05) is 23.7 Å². The van der Waals surface area contributed by atoms with Crippen LogP contribution in [0.15, 0.2) is 18.2 Å². The number of Topliss-reactive ketones (excluding diaryl/α,β-unsaturated/α-hetero) is 1. The minimum atomic E-state index is -0.950. The second-order valence-corrected chi connectivity index (χ2v) is 4.44. The van der Waals surface area contributed by atoms with Gasteiger partial charge in [-0.25, -0.2) is 4.39 Å². The molecule has 0 fully saturated rings. The second-order valence-electron chi connectivity index (χ2n) is 4.03. The number of rotatable bonds is 3. The van der Waals surface area contributed by atoms with Crippen LogP contribution in [0.25, 0.3) is 0 Å². The van der Waals surface area contributed by atoms with Crippen molar-refractivity contribution in [1.82, 2.24) is 0 Å². The SMILES string of the molecule is CC(C)(N)C(=O)Cc1cccc(Cl)c1F. The maximum atomic E-state index is 13.4. The van der Waals surface area contributed by atoms with Crippen molar-refractivity contribution in [3.63, 3.8) is 0 Å². The maximum Gasteiger partial charge on any atom is 0.156 e. The molecule has 0 unspecified atom stereocenters. The lowest BCUT2D eigenvalue weighted by atomic mass is 9.95. The van der Waals surface area contributed by atoms with Crippen molar-refractivity contribution in [2.45, 2.75) is 25.8 Å². The standard InChI is InChI=1S/C11H13ClFNO/c1-11(2,14)9(15)6-7-4-3-5-8(12)10(7)13/h3-5H,6,14H2,1-2H3. The predicted molar refractivity (Wildman–Crippen MR) is 58.4 cm³/mol. The highest BCUT2D eigenvalue weighted by atomic mass is 35.5. The molecule has 82 valence electrons. The van der Waals surface area contributed by atoms with Crippen molar-refractivity contribution >= 4 is 17.4 Å². The summed E-state index contributed by atoms with van der Waals surface area (Å²) in [6.45, 7) is 3.19. The van der Waals surface area contributed by atoms with E-state index in [9.17, 15) is 9.18 Å². The lowest BCUT2D eigenvalue weighted by Gasteiger charge is -2.16. The van der Waals surface area contributed by atoms with Crippen LogP contribution in [0.5, 0.6) is 0 Å². The highest BCUT2D eigenvalue weighted by molar-refractivity contribution is 6.30. The number of hydrogen-bond donors (Lipinski definition) is 1. The highest BCUT2D eigenvalue weighted by Crippen LogP contribution is 2.19. The molecule has 0 atom stereocenters. The fourth-order valence-electron chi connectivity index (χ4n) is 1.09. The summed E-state index contributed by atoms with van der Waals surface area (Å²) in [4.78, 5) is 11.6. The van der Waals surface area contributed by atoms with Gasteiger partial charge in [0.1, 0.15) is 5.82 Å². The van der Waals surface area contributed by atoms with E-state index in [-0.39, 0.29) is 22.8 Å². The number of nitrogens with two attached hydrogens (primary N) is 1. The van der Waals surface area contributed by atoms with Crippen molar-refractivity contribution in [1.29, 1.82) is 0 Å². The lowest BCUT2D eigenvalue weighted by Crippen LogP contribution is -2.42. The normalized spacial score (nSPS) is 11.5. The second kappa shape index (κ2) is 4.29. The fourth-order valence-corrected chi connectivity index (χ4v) is 1.28. The molecule has 0 aromatic heterocycles. The van der Waals surface area contributed by atoms with E-state index in [0.717, 1.165) is 0 Å². The monoisotopic (exact) mass is 229 g/mol. The Bertz CT molecular complexity index is 385. The molecule has 1 rings (SSSR count). The molecule has 1 aromatic carbocycles. The van der Waals surface area contributed by atoms with Crippen molar-refractivity contribution in [3.8, 4) is 0 Å². The molecule has 0 bridgehead atoms. The Morgan fingerprint density at radius 1 is 1.53 bits per heavy atom. The third-order valence-corrected chi connectivity index (χ3v) is 2.39. The van der Waals surface area contributed by atoms with Gasteiger partial charge in [0.15, 0.2) is 5.78 Å². The van der Waals surface area contributed by atoms with E-state index in [2.05, 4.69) is 0 Å². The van der Waals surface area contributed by atoms with Gasteiger partial charge in [-0.3, -0.25) is 4.79 Å². The van der Waals surface area contributed by atoms with Crippen LogP contribution >= 0.6 is 11.6 Å². The van der Waals surface area contributed by atoms with Gasteiger partial charge in [-0.2, -0.15) is 0 Å². The molecule has 15 heavy (non-hydrogen) atoms. The molecule has 0 heterocycles. The lowest BCUT2D eigenvalue weighted by molar-refractivity contribution is -0.122. The third-order valence-electron chi connectivity index (χ3n) is 2.10. The Balaban J connectivity index is 2.91. The zero-order chi connectivity index (χ0) is 11.6. The third kappa shape index (κ3) is 3.01. The van der Waals surface area contributed by atoms with Crippen LogP contribution in [0.3, 0.4) is 0 Å².